The number of hydrogen-bond acceptors (Lipinski definition) is 0. The summed E-state index contributed by atoms with van der Waals surface area (Å²) in [7, 11) is 0. The van der Waals surface area contributed by atoms with Crippen LogP contribution in [0.3, 0.4) is 0 Å². The van der Waals surface area contributed by atoms with Gasteiger partial charge in [0.2, 0.25) is 0 Å². The molecule has 1 atom stereocenters. The van der Waals surface area contributed by atoms with Gasteiger partial charge in [0.05, 0.1) is 0 Å². The lowest BCUT2D eigenvalue weighted by Crippen LogP contribution is -2.39. The second-order valence-corrected chi connectivity index (χ2v) is 16.2. The van der Waals surface area contributed by atoms with E-state index in [2.05, 4.69) is 178 Å². The quantitative estimate of drug-likeness (QED) is 0.196. The zero-order valence-corrected chi connectivity index (χ0v) is 29.0. The first-order chi connectivity index (χ1) is 21.1. The molecule has 229 valence electrons. The van der Waals surface area contributed by atoms with Crippen molar-refractivity contribution in [1.29, 1.82) is 0 Å². The van der Waals surface area contributed by atoms with Crippen LogP contribution in [0.4, 0.5) is 0 Å². The Hall–Kier alpha value is -3.90. The molecule has 1 unspecified atom stereocenters. The van der Waals surface area contributed by atoms with Crippen LogP contribution >= 0.6 is 0 Å². The van der Waals surface area contributed by atoms with Crippen LogP contribution in [-0.4, -0.2) is 0 Å². The van der Waals surface area contributed by atoms with Gasteiger partial charge in [0.15, 0.2) is 0 Å². The fraction of sp³-hybridized carbons (Fsp3) is 0.333. The third-order valence-electron chi connectivity index (χ3n) is 9.80. The van der Waals surface area contributed by atoms with E-state index in [0.29, 0.717) is 0 Å². The predicted molar refractivity (Wildman–Crippen MR) is 194 cm³/mol. The predicted octanol–water partition coefficient (Wildman–Crippen LogP) is 10.4. The molecule has 6 rings (SSSR count). The molecule has 0 amide bonds. The molecule has 45 heavy (non-hydrogen) atoms. The molecule has 2 aliphatic carbocycles. The van der Waals surface area contributed by atoms with E-state index < -0.39 is 0 Å². The van der Waals surface area contributed by atoms with Gasteiger partial charge in [0.25, 0.3) is 0 Å². The van der Waals surface area contributed by atoms with Crippen molar-refractivity contribution < 1.29 is 0 Å². The summed E-state index contributed by atoms with van der Waals surface area (Å²) in [4.78, 5) is 0. The van der Waals surface area contributed by atoms with Crippen LogP contribution in [-0.2, 0) is 16.2 Å². The Bertz CT molecular complexity index is 1900. The fourth-order valence-corrected chi connectivity index (χ4v) is 7.27. The summed E-state index contributed by atoms with van der Waals surface area (Å²) in [5.74, 6) is 0. The minimum absolute atomic E-state index is 0.0689. The second-order valence-electron chi connectivity index (χ2n) is 16.2. The van der Waals surface area contributed by atoms with Crippen molar-refractivity contribution in [2.45, 2.75) is 91.9 Å². The molecule has 0 heteroatoms. The van der Waals surface area contributed by atoms with Crippen molar-refractivity contribution in [1.82, 2.24) is 0 Å². The van der Waals surface area contributed by atoms with Gasteiger partial charge in [0, 0.05) is 5.41 Å². The monoisotopic (exact) mass is 589 g/mol. The van der Waals surface area contributed by atoms with E-state index in [1.165, 1.54) is 66.1 Å². The summed E-state index contributed by atoms with van der Waals surface area (Å²) in [5.41, 5.74) is 12.9. The van der Waals surface area contributed by atoms with Gasteiger partial charge >= 0.3 is 0 Å². The summed E-state index contributed by atoms with van der Waals surface area (Å²) in [6, 6.07) is 31.5. The summed E-state index contributed by atoms with van der Waals surface area (Å²) in [6.07, 6.45) is 12.5. The third-order valence-corrected chi connectivity index (χ3v) is 9.80. The number of rotatable bonds is 4. The molecular weight excluding hydrogens is 540 g/mol. The van der Waals surface area contributed by atoms with Gasteiger partial charge in [-0.05, 0) is 107 Å². The number of hydrogen-bond donors (Lipinski definition) is 0. The van der Waals surface area contributed by atoms with Gasteiger partial charge in [-0.2, -0.15) is 0 Å². The molecule has 0 aromatic heterocycles. The van der Waals surface area contributed by atoms with Crippen molar-refractivity contribution in [2.75, 3.05) is 0 Å². The highest BCUT2D eigenvalue weighted by Gasteiger charge is 2.39. The Morgan fingerprint density at radius 1 is 0.667 bits per heavy atom. The molecule has 4 aromatic rings. The van der Waals surface area contributed by atoms with E-state index >= 15 is 0 Å². The number of benzene rings is 4. The van der Waals surface area contributed by atoms with Crippen molar-refractivity contribution >= 4 is 11.6 Å². The van der Waals surface area contributed by atoms with E-state index in [4.69, 9.17) is 0 Å². The van der Waals surface area contributed by atoms with Crippen LogP contribution < -0.4 is 10.4 Å². The second kappa shape index (κ2) is 10.9. The first kappa shape index (κ1) is 31.1. The van der Waals surface area contributed by atoms with Crippen molar-refractivity contribution in [3.05, 3.63) is 153 Å². The van der Waals surface area contributed by atoms with E-state index in [1.54, 1.807) is 0 Å². The number of allylic oxidation sites excluding steroid dienone is 4. The van der Waals surface area contributed by atoms with E-state index in [1.807, 2.05) is 0 Å². The van der Waals surface area contributed by atoms with Crippen LogP contribution in [0.2, 0.25) is 0 Å². The molecule has 0 N–H and O–H groups in total. The maximum absolute atomic E-state index is 4.03. The number of fused-ring (bicyclic) bond motifs is 3. The van der Waals surface area contributed by atoms with Gasteiger partial charge in [-0.1, -0.05) is 160 Å². The molecule has 1 radical (unpaired) electrons. The zero-order chi connectivity index (χ0) is 32.4. The van der Waals surface area contributed by atoms with Gasteiger partial charge in [-0.3, -0.25) is 0 Å². The summed E-state index contributed by atoms with van der Waals surface area (Å²) >= 11 is 0. The topological polar surface area (TPSA) is 0 Å². The molecule has 2 aliphatic rings. The average molecular weight is 590 g/mol. The van der Waals surface area contributed by atoms with Crippen molar-refractivity contribution in [3.63, 3.8) is 0 Å². The fourth-order valence-electron chi connectivity index (χ4n) is 7.27. The van der Waals surface area contributed by atoms with Gasteiger partial charge < -0.3 is 0 Å². The van der Waals surface area contributed by atoms with Crippen LogP contribution in [0, 0.1) is 5.41 Å². The molecule has 0 saturated heterocycles. The lowest BCUT2D eigenvalue weighted by Gasteiger charge is -2.35. The third kappa shape index (κ3) is 5.48. The minimum atomic E-state index is -0.230. The molecule has 0 spiro atoms. The van der Waals surface area contributed by atoms with Crippen molar-refractivity contribution in [2.24, 2.45) is 5.41 Å². The SMILES string of the molecule is CCC1(c2c(C(C)(C)C)c(=C(c3ccccc3)c3ccccc3)cc3c2=[C]c2cc(C(C)(C)C)ccc2-3)C=CC(C(C)(C)C)=C1. The van der Waals surface area contributed by atoms with E-state index in [9.17, 15) is 0 Å². The Balaban J connectivity index is 1.87. The summed E-state index contributed by atoms with van der Waals surface area (Å²) in [6.45, 7) is 23.4. The Morgan fingerprint density at radius 3 is 1.76 bits per heavy atom. The van der Waals surface area contributed by atoms with Gasteiger partial charge in [-0.25, -0.2) is 0 Å². The van der Waals surface area contributed by atoms with Gasteiger partial charge in [-0.15, -0.1) is 0 Å². The van der Waals surface area contributed by atoms with E-state index in [0.717, 1.165) is 6.42 Å². The highest BCUT2D eigenvalue weighted by Crippen LogP contribution is 2.45. The summed E-state index contributed by atoms with van der Waals surface area (Å²) < 4.78 is 0. The normalized spacial score (nSPS) is 17.5. The molecule has 0 bridgehead atoms. The lowest BCUT2D eigenvalue weighted by molar-refractivity contribution is 0.509. The Morgan fingerprint density at radius 2 is 1.27 bits per heavy atom. The Labute approximate surface area is 271 Å². The van der Waals surface area contributed by atoms with E-state index in [-0.39, 0.29) is 21.7 Å². The molecule has 4 aromatic carbocycles. The van der Waals surface area contributed by atoms with Crippen LogP contribution in [0.1, 0.15) is 109 Å². The maximum atomic E-state index is 4.03. The van der Waals surface area contributed by atoms with Crippen LogP contribution in [0.25, 0.3) is 22.8 Å². The minimum Gasteiger partial charge on any atom is -0.0699 e. The molecule has 0 aliphatic heterocycles. The van der Waals surface area contributed by atoms with Crippen molar-refractivity contribution in [3.8, 4) is 11.1 Å². The highest BCUT2D eigenvalue weighted by atomic mass is 14.4. The first-order valence-corrected chi connectivity index (χ1v) is 16.7. The molecule has 0 nitrogen and oxygen atoms in total. The lowest BCUT2D eigenvalue weighted by atomic mass is 9.68. The van der Waals surface area contributed by atoms with Gasteiger partial charge in [0.1, 0.15) is 0 Å². The Kier molecular flexibility index (Phi) is 7.51. The van der Waals surface area contributed by atoms with Crippen LogP contribution in [0.15, 0.2) is 109 Å². The summed E-state index contributed by atoms with van der Waals surface area (Å²) in [5, 5.41) is 2.59. The maximum Gasteiger partial charge on any atom is 0.0328 e. The first-order valence-electron chi connectivity index (χ1n) is 16.7. The van der Waals surface area contributed by atoms with Crippen LogP contribution in [0.5, 0.6) is 0 Å². The average Bonchev–Trinajstić information content (AvgIpc) is 3.59. The molecule has 0 fully saturated rings. The highest BCUT2D eigenvalue weighted by molar-refractivity contribution is 5.88. The smallest absolute Gasteiger partial charge is 0.0328 e. The standard InChI is InChI=1S/C45H49/c1-11-45(25-24-34(29-45)43(5,6)7)41-37-27-32-26-33(42(2,3)4)22-23-35(32)36(37)28-38(40(41)44(8,9)10)39(30-18-14-12-15-19-30)31-20-16-13-17-21-31/h12-26,28-29H,11H2,1-10H3. The zero-order valence-electron chi connectivity index (χ0n) is 29.0. The molecule has 0 heterocycles. The largest absolute Gasteiger partial charge is 0.0699 e. The molecular formula is C45H49. The molecule has 0 saturated carbocycles.